The van der Waals surface area contributed by atoms with Crippen LogP contribution >= 0.6 is 22.7 Å². The van der Waals surface area contributed by atoms with Crippen LogP contribution in [0.3, 0.4) is 0 Å². The van der Waals surface area contributed by atoms with Crippen LogP contribution in [-0.2, 0) is 24.0 Å². The van der Waals surface area contributed by atoms with Crippen molar-refractivity contribution < 1.29 is 14.3 Å². The van der Waals surface area contributed by atoms with Crippen molar-refractivity contribution in [2.75, 3.05) is 17.7 Å². The van der Waals surface area contributed by atoms with Crippen LogP contribution < -0.4 is 11.1 Å². The Hall–Kier alpha value is -2.45. The molecular formula is C23H27N3O3S2. The summed E-state index contributed by atoms with van der Waals surface area (Å²) in [7, 11) is 0. The van der Waals surface area contributed by atoms with E-state index in [4.69, 9.17) is 10.5 Å². The standard InChI is InChI=1S/C23H27N3O3S2/c1-3-8-13-11-12-15-18(24)19(31-21(15)25-13)20(27)26-22-17(23(28)29-4-2)14-9-6-5-7-10-16(14)30-22/h11-12H,3-10,24H2,1-2H3,(H,26,27). The Bertz CT molecular complexity index is 1130. The topological polar surface area (TPSA) is 94.3 Å². The summed E-state index contributed by atoms with van der Waals surface area (Å²) in [5.74, 6) is -0.674. The van der Waals surface area contributed by atoms with Crippen LogP contribution in [0.2, 0.25) is 0 Å². The summed E-state index contributed by atoms with van der Waals surface area (Å²) >= 11 is 2.78. The summed E-state index contributed by atoms with van der Waals surface area (Å²) in [5, 5.41) is 4.32. The molecular weight excluding hydrogens is 430 g/mol. The number of hydrogen-bond acceptors (Lipinski definition) is 7. The third-order valence-electron chi connectivity index (χ3n) is 5.49. The van der Waals surface area contributed by atoms with Gasteiger partial charge < -0.3 is 15.8 Å². The largest absolute Gasteiger partial charge is 0.462 e. The van der Waals surface area contributed by atoms with Gasteiger partial charge in [-0.05, 0) is 56.7 Å². The molecule has 0 spiro atoms. The minimum atomic E-state index is -0.368. The molecule has 0 radical (unpaired) electrons. The number of nitrogens with one attached hydrogen (secondary N) is 1. The fraction of sp³-hybridized carbons (Fsp3) is 0.435. The zero-order valence-corrected chi connectivity index (χ0v) is 19.5. The maximum atomic E-state index is 13.2. The van der Waals surface area contributed by atoms with Gasteiger partial charge in [-0.3, -0.25) is 4.79 Å². The first-order valence-corrected chi connectivity index (χ1v) is 12.5. The molecule has 164 valence electrons. The van der Waals surface area contributed by atoms with Crippen molar-refractivity contribution in [1.82, 2.24) is 4.98 Å². The van der Waals surface area contributed by atoms with E-state index in [1.165, 1.54) is 27.6 Å². The number of thiophene rings is 2. The molecule has 1 aliphatic carbocycles. The predicted octanol–water partition coefficient (Wildman–Crippen LogP) is 5.59. The lowest BCUT2D eigenvalue weighted by Gasteiger charge is -2.08. The van der Waals surface area contributed by atoms with Gasteiger partial charge in [0.25, 0.3) is 5.91 Å². The Morgan fingerprint density at radius 2 is 1.97 bits per heavy atom. The van der Waals surface area contributed by atoms with Crippen molar-refractivity contribution >= 4 is 55.5 Å². The monoisotopic (exact) mass is 457 g/mol. The van der Waals surface area contributed by atoms with Crippen molar-refractivity contribution in [3.05, 3.63) is 38.7 Å². The molecule has 0 fully saturated rings. The number of nitrogens with zero attached hydrogens (tertiary/aromatic N) is 1. The minimum Gasteiger partial charge on any atom is -0.462 e. The quantitative estimate of drug-likeness (QED) is 0.372. The lowest BCUT2D eigenvalue weighted by Crippen LogP contribution is -2.15. The molecule has 31 heavy (non-hydrogen) atoms. The number of fused-ring (bicyclic) bond motifs is 2. The van der Waals surface area contributed by atoms with Crippen LogP contribution in [0.5, 0.6) is 0 Å². The van der Waals surface area contributed by atoms with E-state index in [0.717, 1.165) is 66.4 Å². The Morgan fingerprint density at radius 1 is 1.16 bits per heavy atom. The van der Waals surface area contributed by atoms with Crippen molar-refractivity contribution in [3.8, 4) is 0 Å². The highest BCUT2D eigenvalue weighted by Crippen LogP contribution is 2.39. The first-order chi connectivity index (χ1) is 15.0. The van der Waals surface area contributed by atoms with Gasteiger partial charge in [-0.15, -0.1) is 22.7 Å². The van der Waals surface area contributed by atoms with E-state index in [1.807, 2.05) is 12.1 Å². The van der Waals surface area contributed by atoms with E-state index in [0.29, 0.717) is 27.7 Å². The fourth-order valence-corrected chi connectivity index (χ4v) is 6.29. The van der Waals surface area contributed by atoms with Crippen LogP contribution in [0.25, 0.3) is 10.2 Å². The molecule has 1 aliphatic rings. The fourth-order valence-electron chi connectivity index (χ4n) is 4.01. The number of nitrogens with two attached hydrogens (primary N) is 1. The summed E-state index contributed by atoms with van der Waals surface area (Å²) in [6.07, 6.45) is 6.95. The number of aryl methyl sites for hydroxylation is 2. The van der Waals surface area contributed by atoms with Crippen LogP contribution in [0.1, 0.15) is 75.7 Å². The first kappa shape index (κ1) is 21.8. The van der Waals surface area contributed by atoms with Gasteiger partial charge in [0.05, 0.1) is 17.9 Å². The number of ether oxygens (including phenoxy) is 1. The second-order valence-electron chi connectivity index (χ2n) is 7.69. The number of pyridine rings is 1. The van der Waals surface area contributed by atoms with Crippen molar-refractivity contribution in [1.29, 1.82) is 0 Å². The number of amides is 1. The van der Waals surface area contributed by atoms with Gasteiger partial charge in [0.15, 0.2) is 0 Å². The third kappa shape index (κ3) is 4.32. The summed E-state index contributed by atoms with van der Waals surface area (Å²) < 4.78 is 5.31. The van der Waals surface area contributed by atoms with Gasteiger partial charge >= 0.3 is 5.97 Å². The molecule has 1 amide bonds. The highest BCUT2D eigenvalue weighted by molar-refractivity contribution is 7.21. The predicted molar refractivity (Wildman–Crippen MR) is 128 cm³/mol. The highest BCUT2D eigenvalue weighted by atomic mass is 32.1. The van der Waals surface area contributed by atoms with E-state index < -0.39 is 0 Å². The lowest BCUT2D eigenvalue weighted by molar-refractivity contribution is 0.0527. The number of rotatable bonds is 6. The van der Waals surface area contributed by atoms with E-state index >= 15 is 0 Å². The molecule has 3 N–H and O–H groups in total. The Morgan fingerprint density at radius 3 is 2.74 bits per heavy atom. The zero-order valence-electron chi connectivity index (χ0n) is 17.9. The molecule has 3 aromatic heterocycles. The second kappa shape index (κ2) is 9.36. The van der Waals surface area contributed by atoms with Crippen molar-refractivity contribution in [2.24, 2.45) is 0 Å². The molecule has 0 unspecified atom stereocenters. The number of nitrogen functional groups attached to an aromatic ring is 1. The van der Waals surface area contributed by atoms with Crippen molar-refractivity contribution in [2.45, 2.75) is 58.8 Å². The van der Waals surface area contributed by atoms with Crippen LogP contribution in [-0.4, -0.2) is 23.5 Å². The molecule has 0 saturated heterocycles. The molecule has 0 aromatic carbocycles. The smallest absolute Gasteiger partial charge is 0.341 e. The number of anilines is 2. The maximum absolute atomic E-state index is 13.2. The lowest BCUT2D eigenvalue weighted by atomic mass is 10.1. The second-order valence-corrected chi connectivity index (χ2v) is 9.80. The number of carbonyl (C=O) groups excluding carboxylic acids is 2. The summed E-state index contributed by atoms with van der Waals surface area (Å²) in [6.45, 7) is 4.20. The first-order valence-electron chi connectivity index (χ1n) is 10.8. The maximum Gasteiger partial charge on any atom is 0.341 e. The van der Waals surface area contributed by atoms with Gasteiger partial charge in [-0.1, -0.05) is 19.8 Å². The Balaban J connectivity index is 1.68. The van der Waals surface area contributed by atoms with E-state index in [9.17, 15) is 9.59 Å². The van der Waals surface area contributed by atoms with Gasteiger partial charge in [-0.25, -0.2) is 9.78 Å². The van der Waals surface area contributed by atoms with Gasteiger partial charge in [0.1, 0.15) is 14.7 Å². The van der Waals surface area contributed by atoms with Crippen LogP contribution in [0, 0.1) is 0 Å². The SMILES string of the molecule is CCCc1ccc2c(N)c(C(=O)Nc3sc4c(c3C(=O)OCC)CCCCC4)sc2n1. The number of esters is 1. The minimum absolute atomic E-state index is 0.297. The zero-order chi connectivity index (χ0) is 22.0. The van der Waals surface area contributed by atoms with Gasteiger partial charge in [0, 0.05) is 16.0 Å². The average molecular weight is 458 g/mol. The molecule has 0 bridgehead atoms. The third-order valence-corrected chi connectivity index (χ3v) is 7.81. The van der Waals surface area contributed by atoms with E-state index in [-0.39, 0.29) is 11.9 Å². The Kier molecular flexibility index (Phi) is 6.57. The number of hydrogen-bond donors (Lipinski definition) is 2. The van der Waals surface area contributed by atoms with Gasteiger partial charge in [-0.2, -0.15) is 0 Å². The molecule has 3 aromatic rings. The van der Waals surface area contributed by atoms with E-state index in [1.54, 1.807) is 6.92 Å². The van der Waals surface area contributed by atoms with E-state index in [2.05, 4.69) is 17.2 Å². The average Bonchev–Trinajstić information content (AvgIpc) is 3.15. The molecule has 3 heterocycles. The summed E-state index contributed by atoms with van der Waals surface area (Å²) in [6, 6.07) is 3.90. The van der Waals surface area contributed by atoms with Crippen molar-refractivity contribution in [3.63, 3.8) is 0 Å². The van der Waals surface area contributed by atoms with Crippen LogP contribution in [0.4, 0.5) is 10.7 Å². The summed E-state index contributed by atoms with van der Waals surface area (Å²) in [4.78, 5) is 32.9. The van der Waals surface area contributed by atoms with Crippen LogP contribution in [0.15, 0.2) is 12.1 Å². The summed E-state index contributed by atoms with van der Waals surface area (Å²) in [5.41, 5.74) is 9.28. The molecule has 6 nitrogen and oxygen atoms in total. The number of aromatic nitrogens is 1. The molecule has 0 saturated carbocycles. The highest BCUT2D eigenvalue weighted by Gasteiger charge is 2.28. The number of carbonyl (C=O) groups is 2. The normalized spacial score (nSPS) is 13.6. The molecule has 0 aliphatic heterocycles. The molecule has 4 rings (SSSR count). The molecule has 0 atom stereocenters. The van der Waals surface area contributed by atoms with Gasteiger partial charge in [0.2, 0.25) is 0 Å². The molecule has 8 heteroatoms. The Labute approximate surface area is 189 Å².